The van der Waals surface area contributed by atoms with E-state index in [4.69, 9.17) is 0 Å². The summed E-state index contributed by atoms with van der Waals surface area (Å²) in [7, 11) is 0. The Morgan fingerprint density at radius 1 is 1.45 bits per heavy atom. The zero-order valence-corrected chi connectivity index (χ0v) is 13.4. The van der Waals surface area contributed by atoms with Gasteiger partial charge in [0.25, 0.3) is 5.91 Å². The van der Waals surface area contributed by atoms with E-state index in [0.717, 1.165) is 29.9 Å². The van der Waals surface area contributed by atoms with Crippen molar-refractivity contribution in [1.29, 1.82) is 0 Å². The first kappa shape index (κ1) is 16.5. The molecule has 0 aromatic heterocycles. The number of nitrogens with one attached hydrogen (secondary N) is 2. The normalized spacial score (nSPS) is 26.2. The second-order valence-corrected chi connectivity index (χ2v) is 6.68. The van der Waals surface area contributed by atoms with Crippen molar-refractivity contribution < 1.29 is 14.4 Å². The molecule has 2 fully saturated rings. The molecular formula is C15H24N4O3. The van der Waals surface area contributed by atoms with E-state index < -0.39 is 11.6 Å². The van der Waals surface area contributed by atoms with Crippen LogP contribution in [0.4, 0.5) is 4.79 Å². The Labute approximate surface area is 130 Å². The van der Waals surface area contributed by atoms with E-state index >= 15 is 0 Å². The molecule has 1 saturated carbocycles. The molecule has 2 N–H and O–H groups in total. The highest BCUT2D eigenvalue weighted by molar-refractivity contribution is 6.06. The standard InChI is InChI=1S/C15H24N4O3/c1-10-5-4-6-11(9-10)17-18-12(20)7-8-19-13(21)15(2,3)16-14(19)22/h10H,4-9H2,1-3H3,(H,16,22)(H,18,20)/b17-11+/t10-/m0/s1. The molecule has 0 radical (unpaired) electrons. The second-order valence-electron chi connectivity index (χ2n) is 6.68. The Bertz CT molecular complexity index is 513. The van der Waals surface area contributed by atoms with Gasteiger partial charge in [-0.3, -0.25) is 14.5 Å². The molecule has 2 rings (SSSR count). The van der Waals surface area contributed by atoms with Gasteiger partial charge < -0.3 is 5.32 Å². The van der Waals surface area contributed by atoms with Crippen LogP contribution in [0.2, 0.25) is 0 Å². The third-order valence-corrected chi connectivity index (χ3v) is 4.09. The molecule has 1 aliphatic heterocycles. The van der Waals surface area contributed by atoms with Crippen LogP contribution < -0.4 is 10.7 Å². The summed E-state index contributed by atoms with van der Waals surface area (Å²) in [5.41, 5.74) is 2.65. The zero-order valence-electron chi connectivity index (χ0n) is 13.4. The van der Waals surface area contributed by atoms with Crippen LogP contribution >= 0.6 is 0 Å². The molecule has 0 spiro atoms. The molecule has 1 atom stereocenters. The Hall–Kier alpha value is -1.92. The van der Waals surface area contributed by atoms with Crippen molar-refractivity contribution in [3.63, 3.8) is 0 Å². The highest BCUT2D eigenvalue weighted by atomic mass is 16.2. The number of rotatable bonds is 4. The van der Waals surface area contributed by atoms with Gasteiger partial charge in [0.1, 0.15) is 5.54 Å². The lowest BCUT2D eigenvalue weighted by Gasteiger charge is -2.19. The predicted molar refractivity (Wildman–Crippen MR) is 82.2 cm³/mol. The monoisotopic (exact) mass is 308 g/mol. The summed E-state index contributed by atoms with van der Waals surface area (Å²) in [4.78, 5) is 36.6. The highest BCUT2D eigenvalue weighted by Gasteiger charge is 2.43. The molecule has 1 heterocycles. The zero-order chi connectivity index (χ0) is 16.3. The number of carbonyl (C=O) groups is 3. The van der Waals surface area contributed by atoms with Crippen LogP contribution in [0.3, 0.4) is 0 Å². The van der Waals surface area contributed by atoms with Gasteiger partial charge in [0, 0.05) is 18.7 Å². The molecule has 7 nitrogen and oxygen atoms in total. The molecule has 1 aliphatic carbocycles. The molecule has 0 unspecified atom stereocenters. The first-order valence-corrected chi connectivity index (χ1v) is 7.78. The SMILES string of the molecule is C[C@H]1CCC/C(=N\NC(=O)CCN2C(=O)NC(C)(C)C2=O)C1. The van der Waals surface area contributed by atoms with E-state index in [-0.39, 0.29) is 24.8 Å². The fourth-order valence-corrected chi connectivity index (χ4v) is 2.79. The van der Waals surface area contributed by atoms with E-state index in [1.54, 1.807) is 13.8 Å². The average Bonchev–Trinajstić information content (AvgIpc) is 2.63. The number of hydrazone groups is 1. The number of hydrogen-bond acceptors (Lipinski definition) is 4. The topological polar surface area (TPSA) is 90.9 Å². The predicted octanol–water partition coefficient (Wildman–Crippen LogP) is 1.39. The van der Waals surface area contributed by atoms with Crippen LogP contribution in [0.15, 0.2) is 5.10 Å². The minimum Gasteiger partial charge on any atom is -0.324 e. The summed E-state index contributed by atoms with van der Waals surface area (Å²) in [5, 5.41) is 6.74. The first-order chi connectivity index (χ1) is 10.3. The number of amides is 4. The Morgan fingerprint density at radius 2 is 2.18 bits per heavy atom. The second kappa shape index (κ2) is 6.46. The van der Waals surface area contributed by atoms with Crippen molar-refractivity contribution in [2.24, 2.45) is 11.0 Å². The lowest BCUT2D eigenvalue weighted by atomic mass is 9.89. The quantitative estimate of drug-likeness (QED) is 0.607. The summed E-state index contributed by atoms with van der Waals surface area (Å²) in [6, 6.07) is -0.449. The molecule has 2 aliphatic rings. The molecule has 0 aromatic carbocycles. The maximum atomic E-state index is 12.0. The Balaban J connectivity index is 1.80. The molecule has 0 bridgehead atoms. The number of nitrogens with zero attached hydrogens (tertiary/aromatic N) is 2. The largest absolute Gasteiger partial charge is 0.325 e. The van der Waals surface area contributed by atoms with Gasteiger partial charge in [0.15, 0.2) is 0 Å². The van der Waals surface area contributed by atoms with Crippen LogP contribution in [-0.2, 0) is 9.59 Å². The van der Waals surface area contributed by atoms with Gasteiger partial charge in [-0.2, -0.15) is 5.10 Å². The third kappa shape index (κ3) is 3.84. The number of urea groups is 1. The van der Waals surface area contributed by atoms with E-state index in [2.05, 4.69) is 22.8 Å². The van der Waals surface area contributed by atoms with Crippen molar-refractivity contribution in [3.05, 3.63) is 0 Å². The van der Waals surface area contributed by atoms with Gasteiger partial charge in [0.05, 0.1) is 0 Å². The van der Waals surface area contributed by atoms with Crippen LogP contribution in [-0.4, -0.2) is 40.5 Å². The van der Waals surface area contributed by atoms with Gasteiger partial charge in [-0.05, 0) is 45.4 Å². The summed E-state index contributed by atoms with van der Waals surface area (Å²) < 4.78 is 0. The van der Waals surface area contributed by atoms with Gasteiger partial charge >= 0.3 is 6.03 Å². The first-order valence-electron chi connectivity index (χ1n) is 7.78. The van der Waals surface area contributed by atoms with E-state index in [1.165, 1.54) is 6.42 Å². The fourth-order valence-electron chi connectivity index (χ4n) is 2.79. The molecule has 4 amide bonds. The van der Waals surface area contributed by atoms with Gasteiger partial charge in [-0.25, -0.2) is 10.2 Å². The number of imide groups is 1. The average molecular weight is 308 g/mol. The third-order valence-electron chi connectivity index (χ3n) is 4.09. The molecular weight excluding hydrogens is 284 g/mol. The van der Waals surface area contributed by atoms with Crippen molar-refractivity contribution in [1.82, 2.24) is 15.6 Å². The van der Waals surface area contributed by atoms with Crippen molar-refractivity contribution >= 4 is 23.6 Å². The molecule has 1 saturated heterocycles. The van der Waals surface area contributed by atoms with E-state index in [9.17, 15) is 14.4 Å². The van der Waals surface area contributed by atoms with Crippen LogP contribution in [0.25, 0.3) is 0 Å². The Kier molecular flexibility index (Phi) is 4.83. The summed E-state index contributed by atoms with van der Waals surface area (Å²) >= 11 is 0. The smallest absolute Gasteiger partial charge is 0.324 e. The maximum absolute atomic E-state index is 12.0. The summed E-state index contributed by atoms with van der Waals surface area (Å²) in [6.07, 6.45) is 4.21. The maximum Gasteiger partial charge on any atom is 0.325 e. The van der Waals surface area contributed by atoms with Crippen LogP contribution in [0.5, 0.6) is 0 Å². The fraction of sp³-hybridized carbons (Fsp3) is 0.733. The summed E-state index contributed by atoms with van der Waals surface area (Å²) in [6.45, 7) is 5.53. The number of carbonyl (C=O) groups excluding carboxylic acids is 3. The Morgan fingerprint density at radius 3 is 2.77 bits per heavy atom. The lowest BCUT2D eigenvalue weighted by molar-refractivity contribution is -0.130. The van der Waals surface area contributed by atoms with Crippen molar-refractivity contribution in [2.75, 3.05) is 6.54 Å². The van der Waals surface area contributed by atoms with Gasteiger partial charge in [0.2, 0.25) is 5.91 Å². The highest BCUT2D eigenvalue weighted by Crippen LogP contribution is 2.21. The molecule has 7 heteroatoms. The van der Waals surface area contributed by atoms with Gasteiger partial charge in [-0.1, -0.05) is 6.92 Å². The van der Waals surface area contributed by atoms with Crippen LogP contribution in [0, 0.1) is 5.92 Å². The number of hydrogen-bond donors (Lipinski definition) is 2. The van der Waals surface area contributed by atoms with Crippen LogP contribution in [0.1, 0.15) is 52.9 Å². The molecule has 22 heavy (non-hydrogen) atoms. The van der Waals surface area contributed by atoms with E-state index in [1.807, 2.05) is 0 Å². The molecule has 122 valence electrons. The van der Waals surface area contributed by atoms with E-state index in [0.29, 0.717) is 5.92 Å². The lowest BCUT2D eigenvalue weighted by Crippen LogP contribution is -2.40. The van der Waals surface area contributed by atoms with Gasteiger partial charge in [-0.15, -0.1) is 0 Å². The summed E-state index contributed by atoms with van der Waals surface area (Å²) in [5.74, 6) is 0.0197. The molecule has 0 aromatic rings. The minimum atomic E-state index is -0.897. The van der Waals surface area contributed by atoms with Crippen molar-refractivity contribution in [3.8, 4) is 0 Å². The minimum absolute atomic E-state index is 0.0571. The van der Waals surface area contributed by atoms with Crippen molar-refractivity contribution in [2.45, 2.75) is 58.4 Å².